The maximum absolute atomic E-state index is 9.03. The summed E-state index contributed by atoms with van der Waals surface area (Å²) in [5.41, 5.74) is 2.36. The third kappa shape index (κ3) is 2.99. The largest absolute Gasteiger partial charge is 0.198 e. The van der Waals surface area contributed by atoms with Crippen LogP contribution >= 0.6 is 11.6 Å². The second-order valence-electron chi connectivity index (χ2n) is 4.16. The van der Waals surface area contributed by atoms with E-state index in [4.69, 9.17) is 22.1 Å². The molecule has 82 valence electrons. The predicted octanol–water partition coefficient (Wildman–Crippen LogP) is 3.48. The Hall–Kier alpha value is -1.51. The summed E-state index contributed by atoms with van der Waals surface area (Å²) in [5, 5.41) is 18.1. The van der Waals surface area contributed by atoms with Crippen LogP contribution in [0.15, 0.2) is 12.1 Å². The molecule has 0 saturated heterocycles. The van der Waals surface area contributed by atoms with Gasteiger partial charge in [-0.3, -0.25) is 0 Å². The fourth-order valence-electron chi connectivity index (χ4n) is 1.65. The van der Waals surface area contributed by atoms with E-state index >= 15 is 0 Å². The molecular formula is C13H13ClN2. The van der Waals surface area contributed by atoms with Crippen LogP contribution in [0.2, 0.25) is 5.02 Å². The van der Waals surface area contributed by atoms with E-state index in [0.717, 1.165) is 17.5 Å². The fraction of sp³-hybridized carbons (Fsp3) is 0.385. The minimum Gasteiger partial charge on any atom is -0.198 e. The first kappa shape index (κ1) is 12.6. The molecule has 0 bridgehead atoms. The van der Waals surface area contributed by atoms with E-state index in [1.54, 1.807) is 6.07 Å². The zero-order valence-corrected chi connectivity index (χ0v) is 10.2. The first-order valence-electron chi connectivity index (χ1n) is 5.16. The molecule has 16 heavy (non-hydrogen) atoms. The summed E-state index contributed by atoms with van der Waals surface area (Å²) in [7, 11) is 0. The lowest BCUT2D eigenvalue weighted by Crippen LogP contribution is -2.00. The Bertz CT molecular complexity index is 464. The van der Waals surface area contributed by atoms with Gasteiger partial charge in [0.25, 0.3) is 0 Å². The quantitative estimate of drug-likeness (QED) is 0.801. The molecule has 0 spiro atoms. The van der Waals surface area contributed by atoms with Gasteiger partial charge in [0.05, 0.1) is 23.1 Å². The summed E-state index contributed by atoms with van der Waals surface area (Å²) >= 11 is 6.02. The van der Waals surface area contributed by atoms with Gasteiger partial charge in [0.2, 0.25) is 0 Å². The van der Waals surface area contributed by atoms with E-state index in [1.165, 1.54) is 0 Å². The molecule has 0 saturated carbocycles. The van der Waals surface area contributed by atoms with Crippen LogP contribution in [0, 0.1) is 28.6 Å². The summed E-state index contributed by atoms with van der Waals surface area (Å²) in [5.74, 6) is 0.459. The van der Waals surface area contributed by atoms with E-state index in [9.17, 15) is 0 Å². The number of benzene rings is 1. The van der Waals surface area contributed by atoms with Crippen LogP contribution in [0.25, 0.3) is 0 Å². The van der Waals surface area contributed by atoms with Crippen LogP contribution in [0.5, 0.6) is 0 Å². The molecule has 0 radical (unpaired) electrons. The zero-order valence-electron chi connectivity index (χ0n) is 9.42. The lowest BCUT2D eigenvalue weighted by Gasteiger charge is -2.10. The first-order valence-corrected chi connectivity index (χ1v) is 5.54. The smallest absolute Gasteiger partial charge is 0.101 e. The summed E-state index contributed by atoms with van der Waals surface area (Å²) in [4.78, 5) is 0. The normalized spacial score (nSPS) is 9.88. The number of nitrogens with zero attached hydrogens (tertiary/aromatic N) is 2. The van der Waals surface area contributed by atoms with Gasteiger partial charge >= 0.3 is 0 Å². The Labute approximate surface area is 101 Å². The zero-order chi connectivity index (χ0) is 12.1. The average molecular weight is 233 g/mol. The monoisotopic (exact) mass is 232 g/mol. The number of nitriles is 2. The molecule has 0 aromatic heterocycles. The highest BCUT2D eigenvalue weighted by Crippen LogP contribution is 2.24. The number of hydrogen-bond donors (Lipinski definition) is 0. The molecule has 0 aliphatic heterocycles. The third-order valence-corrected chi connectivity index (χ3v) is 2.55. The van der Waals surface area contributed by atoms with Crippen molar-refractivity contribution in [2.75, 3.05) is 0 Å². The SMILES string of the molecule is CC(C)Cc1cc(CC#N)cc(Cl)c1C#N. The van der Waals surface area contributed by atoms with Crippen LogP contribution in [0.3, 0.4) is 0 Å². The van der Waals surface area contributed by atoms with Crippen molar-refractivity contribution >= 4 is 11.6 Å². The fourth-order valence-corrected chi connectivity index (χ4v) is 1.95. The van der Waals surface area contributed by atoms with E-state index in [-0.39, 0.29) is 0 Å². The van der Waals surface area contributed by atoms with Crippen molar-refractivity contribution in [2.24, 2.45) is 5.92 Å². The van der Waals surface area contributed by atoms with Crippen molar-refractivity contribution in [2.45, 2.75) is 26.7 Å². The topological polar surface area (TPSA) is 47.6 Å². The molecule has 3 heteroatoms. The maximum Gasteiger partial charge on any atom is 0.101 e. The minimum atomic E-state index is 0.330. The van der Waals surface area contributed by atoms with Crippen molar-refractivity contribution in [3.63, 3.8) is 0 Å². The second kappa shape index (κ2) is 5.54. The van der Waals surface area contributed by atoms with E-state index in [2.05, 4.69) is 26.0 Å². The van der Waals surface area contributed by atoms with Crippen LogP contribution in [0.4, 0.5) is 0 Å². The van der Waals surface area contributed by atoms with Crippen molar-refractivity contribution in [1.82, 2.24) is 0 Å². The molecule has 1 rings (SSSR count). The van der Waals surface area contributed by atoms with Crippen LogP contribution in [0.1, 0.15) is 30.5 Å². The number of rotatable bonds is 3. The Balaban J connectivity index is 3.22. The van der Waals surface area contributed by atoms with Gasteiger partial charge in [-0.2, -0.15) is 10.5 Å². The maximum atomic E-state index is 9.03. The average Bonchev–Trinajstić information content (AvgIpc) is 2.16. The molecule has 0 aliphatic carbocycles. The molecular weight excluding hydrogens is 220 g/mol. The van der Waals surface area contributed by atoms with Crippen LogP contribution in [-0.4, -0.2) is 0 Å². The molecule has 0 unspecified atom stereocenters. The van der Waals surface area contributed by atoms with Gasteiger partial charge in [-0.1, -0.05) is 31.5 Å². The summed E-state index contributed by atoms with van der Waals surface area (Å²) in [6.07, 6.45) is 1.14. The van der Waals surface area contributed by atoms with Gasteiger partial charge in [0, 0.05) is 0 Å². The van der Waals surface area contributed by atoms with Crippen molar-refractivity contribution in [3.05, 3.63) is 33.8 Å². The van der Waals surface area contributed by atoms with E-state index < -0.39 is 0 Å². The van der Waals surface area contributed by atoms with E-state index in [0.29, 0.717) is 22.9 Å². The minimum absolute atomic E-state index is 0.330. The molecule has 0 heterocycles. The van der Waals surface area contributed by atoms with Gasteiger partial charge in [0.15, 0.2) is 0 Å². The molecule has 1 aromatic carbocycles. The number of hydrogen-bond acceptors (Lipinski definition) is 2. The molecule has 2 nitrogen and oxygen atoms in total. The third-order valence-electron chi connectivity index (χ3n) is 2.25. The molecule has 0 atom stereocenters. The van der Waals surface area contributed by atoms with Gasteiger partial charge in [-0.15, -0.1) is 0 Å². The lowest BCUT2D eigenvalue weighted by atomic mass is 9.96. The molecule has 0 N–H and O–H groups in total. The second-order valence-corrected chi connectivity index (χ2v) is 4.56. The van der Waals surface area contributed by atoms with E-state index in [1.807, 2.05) is 6.07 Å². The summed E-state index contributed by atoms with van der Waals surface area (Å²) < 4.78 is 0. The highest BCUT2D eigenvalue weighted by Gasteiger charge is 2.10. The standard InChI is InChI=1S/C13H13ClN2/c1-9(2)5-11-6-10(3-4-15)7-13(14)12(11)8-16/h6-7,9H,3,5H2,1-2H3. The van der Waals surface area contributed by atoms with Gasteiger partial charge in [-0.25, -0.2) is 0 Å². The van der Waals surface area contributed by atoms with Crippen molar-refractivity contribution < 1.29 is 0 Å². The molecule has 0 aliphatic rings. The van der Waals surface area contributed by atoms with Gasteiger partial charge in [-0.05, 0) is 29.5 Å². The molecule has 0 amide bonds. The van der Waals surface area contributed by atoms with Crippen LogP contribution < -0.4 is 0 Å². The predicted molar refractivity (Wildman–Crippen MR) is 64.0 cm³/mol. The summed E-state index contributed by atoms with van der Waals surface area (Å²) in [6, 6.07) is 7.82. The summed E-state index contributed by atoms with van der Waals surface area (Å²) in [6.45, 7) is 4.18. The van der Waals surface area contributed by atoms with Crippen LogP contribution in [-0.2, 0) is 12.8 Å². The molecule has 1 aromatic rings. The lowest BCUT2D eigenvalue weighted by molar-refractivity contribution is 0.646. The van der Waals surface area contributed by atoms with Crippen molar-refractivity contribution in [3.8, 4) is 12.1 Å². The Kier molecular flexibility index (Phi) is 4.35. The molecule has 0 fully saturated rings. The van der Waals surface area contributed by atoms with Gasteiger partial charge < -0.3 is 0 Å². The van der Waals surface area contributed by atoms with Crippen molar-refractivity contribution in [1.29, 1.82) is 10.5 Å². The van der Waals surface area contributed by atoms with Gasteiger partial charge in [0.1, 0.15) is 6.07 Å². The number of halogens is 1. The highest BCUT2D eigenvalue weighted by atomic mass is 35.5. The first-order chi connectivity index (χ1) is 7.58. The Morgan fingerprint density at radius 1 is 1.31 bits per heavy atom. The highest BCUT2D eigenvalue weighted by molar-refractivity contribution is 6.31. The Morgan fingerprint density at radius 2 is 2.00 bits per heavy atom. The Morgan fingerprint density at radius 3 is 2.50 bits per heavy atom.